The van der Waals surface area contributed by atoms with E-state index in [-0.39, 0.29) is 11.9 Å². The summed E-state index contributed by atoms with van der Waals surface area (Å²) in [4.78, 5) is 16.8. The van der Waals surface area contributed by atoms with Gasteiger partial charge in [-0.05, 0) is 30.9 Å². The Kier molecular flexibility index (Phi) is 3.41. The molecule has 20 heavy (non-hydrogen) atoms. The van der Waals surface area contributed by atoms with E-state index in [0.29, 0.717) is 5.02 Å². The van der Waals surface area contributed by atoms with Crippen molar-refractivity contribution in [3.63, 3.8) is 0 Å². The summed E-state index contributed by atoms with van der Waals surface area (Å²) in [5.41, 5.74) is 1.65. The van der Waals surface area contributed by atoms with Gasteiger partial charge < -0.3 is 10.6 Å². The predicted octanol–water partition coefficient (Wildman–Crippen LogP) is 1.83. The highest BCUT2D eigenvalue weighted by molar-refractivity contribution is 7.99. The zero-order chi connectivity index (χ0) is 14.3. The average molecular weight is 310 g/mol. The number of nitrogens with one attached hydrogen (secondary N) is 2. The van der Waals surface area contributed by atoms with Crippen LogP contribution in [0.2, 0.25) is 5.02 Å². The van der Waals surface area contributed by atoms with Crippen LogP contribution in [-0.4, -0.2) is 27.7 Å². The summed E-state index contributed by atoms with van der Waals surface area (Å²) in [7, 11) is 3.56. The summed E-state index contributed by atoms with van der Waals surface area (Å²) >= 11 is 7.71. The molecule has 1 aromatic carbocycles. The molecule has 8 heteroatoms. The molecule has 1 aliphatic heterocycles. The van der Waals surface area contributed by atoms with Crippen LogP contribution < -0.4 is 10.6 Å². The summed E-state index contributed by atoms with van der Waals surface area (Å²) < 4.78 is 1.67. The highest BCUT2D eigenvalue weighted by Gasteiger charge is 2.30. The predicted molar refractivity (Wildman–Crippen MR) is 77.0 cm³/mol. The highest BCUT2D eigenvalue weighted by atomic mass is 35.5. The van der Waals surface area contributed by atoms with Gasteiger partial charge in [0.15, 0.2) is 5.16 Å². The van der Waals surface area contributed by atoms with Gasteiger partial charge in [-0.1, -0.05) is 11.6 Å². The quantitative estimate of drug-likeness (QED) is 0.905. The molecule has 1 amide bonds. The molecule has 0 saturated carbocycles. The maximum atomic E-state index is 11.8. The molecule has 0 bridgehead atoms. The van der Waals surface area contributed by atoms with Gasteiger partial charge >= 0.3 is 0 Å². The normalized spacial score (nSPS) is 17.1. The molecule has 6 nitrogen and oxygen atoms in total. The fraction of sp³-hybridized carbons (Fsp3) is 0.250. The first kappa shape index (κ1) is 13.4. The number of amides is 1. The number of carbonyl (C=O) groups excluding carboxylic acids is 1. The van der Waals surface area contributed by atoms with Crippen molar-refractivity contribution in [3.8, 4) is 0 Å². The number of aryl methyl sites for hydroxylation is 1. The van der Waals surface area contributed by atoms with Gasteiger partial charge in [-0.2, -0.15) is 5.10 Å². The first-order valence-corrected chi connectivity index (χ1v) is 7.13. The standard InChI is InChI=1S/C12H12ClN5OS/c1-14-10-6-3-7(13)9(4-8(6)17-11(10)19)20-12-15-5-16-18(12)2/h3-5,10,14H,1-2H3,(H,17,19). The van der Waals surface area contributed by atoms with Crippen LogP contribution in [0.1, 0.15) is 11.6 Å². The second-order valence-corrected chi connectivity index (χ2v) is 5.77. The molecule has 104 valence electrons. The molecule has 3 rings (SSSR count). The van der Waals surface area contributed by atoms with E-state index >= 15 is 0 Å². The smallest absolute Gasteiger partial charge is 0.246 e. The maximum absolute atomic E-state index is 11.8. The molecule has 1 aliphatic rings. The van der Waals surface area contributed by atoms with E-state index in [9.17, 15) is 4.79 Å². The second-order valence-electron chi connectivity index (χ2n) is 4.35. The first-order chi connectivity index (χ1) is 9.60. The molecular formula is C12H12ClN5OS. The lowest BCUT2D eigenvalue weighted by Gasteiger charge is -2.09. The Labute approximate surface area is 124 Å². The van der Waals surface area contributed by atoms with Crippen molar-refractivity contribution in [2.24, 2.45) is 7.05 Å². The molecule has 2 heterocycles. The Morgan fingerprint density at radius 2 is 2.30 bits per heavy atom. The Morgan fingerprint density at radius 1 is 1.50 bits per heavy atom. The fourth-order valence-corrected chi connectivity index (χ4v) is 3.20. The van der Waals surface area contributed by atoms with Crippen LogP contribution >= 0.6 is 23.4 Å². The van der Waals surface area contributed by atoms with Crippen molar-refractivity contribution < 1.29 is 4.79 Å². The average Bonchev–Trinajstić information content (AvgIpc) is 2.93. The first-order valence-electron chi connectivity index (χ1n) is 5.93. The van der Waals surface area contributed by atoms with Gasteiger partial charge in [-0.3, -0.25) is 4.79 Å². The third kappa shape index (κ3) is 2.17. The van der Waals surface area contributed by atoms with Crippen molar-refractivity contribution >= 4 is 35.0 Å². The second kappa shape index (κ2) is 5.08. The highest BCUT2D eigenvalue weighted by Crippen LogP contribution is 2.40. The summed E-state index contributed by atoms with van der Waals surface area (Å²) in [5.74, 6) is -0.0700. The van der Waals surface area contributed by atoms with E-state index in [0.717, 1.165) is 21.3 Å². The van der Waals surface area contributed by atoms with Crippen molar-refractivity contribution in [2.75, 3.05) is 12.4 Å². The third-order valence-electron chi connectivity index (χ3n) is 3.09. The van der Waals surface area contributed by atoms with Gasteiger partial charge in [0.2, 0.25) is 5.91 Å². The molecule has 0 aliphatic carbocycles. The summed E-state index contributed by atoms with van der Waals surface area (Å²) in [5, 5.41) is 11.2. The number of halogens is 1. The summed E-state index contributed by atoms with van der Waals surface area (Å²) in [6.45, 7) is 0. The molecule has 1 aromatic heterocycles. The maximum Gasteiger partial charge on any atom is 0.246 e. The number of benzene rings is 1. The summed E-state index contributed by atoms with van der Waals surface area (Å²) in [6, 6.07) is 3.33. The Balaban J connectivity index is 1.98. The lowest BCUT2D eigenvalue weighted by atomic mass is 10.1. The topological polar surface area (TPSA) is 71.8 Å². The van der Waals surface area contributed by atoms with Crippen LogP contribution in [0.5, 0.6) is 0 Å². The number of hydrogen-bond acceptors (Lipinski definition) is 5. The fourth-order valence-electron chi connectivity index (χ4n) is 2.10. The molecule has 0 saturated heterocycles. The van der Waals surface area contributed by atoms with Crippen LogP contribution in [0.25, 0.3) is 0 Å². The molecule has 2 aromatic rings. The number of likely N-dealkylation sites (N-methyl/N-ethyl adjacent to an activating group) is 1. The van der Waals surface area contributed by atoms with Crippen molar-refractivity contribution in [3.05, 3.63) is 29.0 Å². The molecular weight excluding hydrogens is 298 g/mol. The molecule has 1 atom stereocenters. The van der Waals surface area contributed by atoms with E-state index in [1.54, 1.807) is 11.7 Å². The Morgan fingerprint density at radius 3 is 2.95 bits per heavy atom. The number of carbonyl (C=O) groups is 1. The Hall–Kier alpha value is -1.57. The largest absolute Gasteiger partial charge is 0.324 e. The molecule has 2 N–H and O–H groups in total. The van der Waals surface area contributed by atoms with Crippen LogP contribution in [0.15, 0.2) is 28.5 Å². The minimum atomic E-state index is -0.351. The van der Waals surface area contributed by atoms with E-state index in [4.69, 9.17) is 11.6 Å². The number of anilines is 1. The molecule has 1 unspecified atom stereocenters. The minimum Gasteiger partial charge on any atom is -0.324 e. The zero-order valence-electron chi connectivity index (χ0n) is 10.8. The SMILES string of the molecule is CNC1C(=O)Nc2cc(Sc3ncnn3C)c(Cl)cc21. The van der Waals surface area contributed by atoms with Gasteiger partial charge in [0.1, 0.15) is 12.4 Å². The monoisotopic (exact) mass is 309 g/mol. The van der Waals surface area contributed by atoms with Gasteiger partial charge in [-0.25, -0.2) is 9.67 Å². The minimum absolute atomic E-state index is 0.0700. The van der Waals surface area contributed by atoms with Crippen LogP contribution in [0.4, 0.5) is 5.69 Å². The van der Waals surface area contributed by atoms with Gasteiger partial charge in [-0.15, -0.1) is 0 Å². The number of aromatic nitrogens is 3. The van der Waals surface area contributed by atoms with Crippen molar-refractivity contribution in [1.29, 1.82) is 0 Å². The lowest BCUT2D eigenvalue weighted by molar-refractivity contribution is -0.117. The van der Waals surface area contributed by atoms with Crippen LogP contribution in [0, 0.1) is 0 Å². The molecule has 0 spiro atoms. The van der Waals surface area contributed by atoms with E-state index in [1.165, 1.54) is 18.1 Å². The molecule has 0 radical (unpaired) electrons. The zero-order valence-corrected chi connectivity index (χ0v) is 12.4. The number of fused-ring (bicyclic) bond motifs is 1. The number of rotatable bonds is 3. The van der Waals surface area contributed by atoms with Crippen molar-refractivity contribution in [2.45, 2.75) is 16.1 Å². The summed E-state index contributed by atoms with van der Waals surface area (Å²) in [6.07, 6.45) is 1.49. The van der Waals surface area contributed by atoms with Crippen molar-refractivity contribution in [1.82, 2.24) is 20.1 Å². The Bertz CT molecular complexity index is 686. The molecule has 0 fully saturated rings. The third-order valence-corrected chi connectivity index (χ3v) is 4.63. The van der Waals surface area contributed by atoms with E-state index in [2.05, 4.69) is 20.7 Å². The number of nitrogens with zero attached hydrogens (tertiary/aromatic N) is 3. The van der Waals surface area contributed by atoms with Gasteiger partial charge in [0, 0.05) is 23.2 Å². The number of hydrogen-bond donors (Lipinski definition) is 2. The van der Waals surface area contributed by atoms with Crippen LogP contribution in [0.3, 0.4) is 0 Å². The lowest BCUT2D eigenvalue weighted by Crippen LogP contribution is -2.23. The van der Waals surface area contributed by atoms with Gasteiger partial charge in [0.25, 0.3) is 0 Å². The van der Waals surface area contributed by atoms with Crippen LogP contribution in [-0.2, 0) is 11.8 Å². The van der Waals surface area contributed by atoms with Gasteiger partial charge in [0.05, 0.1) is 5.02 Å². The van der Waals surface area contributed by atoms with E-state index in [1.807, 2.05) is 19.2 Å². The van der Waals surface area contributed by atoms with E-state index < -0.39 is 0 Å².